The van der Waals surface area contributed by atoms with Crippen LogP contribution in [0.3, 0.4) is 0 Å². The van der Waals surface area contributed by atoms with Crippen molar-refractivity contribution in [2.24, 2.45) is 0 Å². The van der Waals surface area contributed by atoms with Crippen molar-refractivity contribution in [1.29, 1.82) is 0 Å². The van der Waals surface area contributed by atoms with Gasteiger partial charge >= 0.3 is 0 Å². The van der Waals surface area contributed by atoms with Gasteiger partial charge in [-0.25, -0.2) is 13.1 Å². The largest absolute Gasteiger partial charge is 0.383 e. The second-order valence-corrected chi connectivity index (χ2v) is 6.77. The van der Waals surface area contributed by atoms with E-state index in [2.05, 4.69) is 4.72 Å². The van der Waals surface area contributed by atoms with Crippen LogP contribution in [0.5, 0.6) is 0 Å². The number of nitrogens with one attached hydrogen (secondary N) is 1. The number of rotatable bonds is 6. The third-order valence-corrected chi connectivity index (χ3v) is 4.81. The molecule has 1 rings (SSSR count). The van der Waals surface area contributed by atoms with E-state index in [0.717, 1.165) is 4.88 Å². The van der Waals surface area contributed by atoms with Crippen molar-refractivity contribution >= 4 is 21.4 Å². The molecule has 0 spiro atoms. The van der Waals surface area contributed by atoms with Crippen LogP contribution in [0.15, 0.2) is 17.5 Å². The molecule has 1 aromatic heterocycles. The van der Waals surface area contributed by atoms with Crippen LogP contribution in [0.1, 0.15) is 25.1 Å². The van der Waals surface area contributed by atoms with Crippen LogP contribution >= 0.6 is 11.3 Å². The van der Waals surface area contributed by atoms with E-state index < -0.39 is 15.6 Å². The Kier molecular flexibility index (Phi) is 4.49. The molecule has 0 radical (unpaired) electrons. The molecule has 2 N–H and O–H groups in total. The first-order valence-corrected chi connectivity index (χ1v) is 7.64. The van der Waals surface area contributed by atoms with Crippen molar-refractivity contribution in [3.05, 3.63) is 22.4 Å². The molecule has 0 saturated carbocycles. The average molecular weight is 263 g/mol. The molecule has 0 aliphatic heterocycles. The Bertz CT molecular complexity index is 409. The fourth-order valence-corrected chi connectivity index (χ4v) is 3.23. The molecule has 0 aromatic carbocycles. The van der Waals surface area contributed by atoms with Crippen molar-refractivity contribution in [3.63, 3.8) is 0 Å². The predicted octanol–water partition coefficient (Wildman–Crippen LogP) is 1.28. The molecule has 0 saturated heterocycles. The molecule has 1 aromatic rings. The first-order valence-electron chi connectivity index (χ1n) is 5.11. The Balaban J connectivity index is 2.62. The molecule has 0 aliphatic carbocycles. The van der Waals surface area contributed by atoms with Gasteiger partial charge in [0.05, 0.1) is 5.75 Å². The van der Waals surface area contributed by atoms with Gasteiger partial charge in [-0.2, -0.15) is 0 Å². The number of thiophene rings is 1. The van der Waals surface area contributed by atoms with E-state index >= 15 is 0 Å². The van der Waals surface area contributed by atoms with E-state index in [4.69, 9.17) is 0 Å². The van der Waals surface area contributed by atoms with E-state index in [9.17, 15) is 13.5 Å². The highest BCUT2D eigenvalue weighted by atomic mass is 32.2. The molecule has 1 atom stereocenters. The summed E-state index contributed by atoms with van der Waals surface area (Å²) >= 11 is 1.41. The van der Waals surface area contributed by atoms with Crippen LogP contribution in [0, 0.1) is 0 Å². The van der Waals surface area contributed by atoms with Gasteiger partial charge in [0.25, 0.3) is 0 Å². The summed E-state index contributed by atoms with van der Waals surface area (Å²) < 4.78 is 25.3. The van der Waals surface area contributed by atoms with E-state index in [0.29, 0.717) is 6.42 Å². The van der Waals surface area contributed by atoms with E-state index in [1.807, 2.05) is 11.4 Å². The van der Waals surface area contributed by atoms with E-state index in [-0.39, 0.29) is 12.3 Å². The second kappa shape index (κ2) is 5.27. The zero-order valence-corrected chi connectivity index (χ0v) is 11.1. The lowest BCUT2D eigenvalue weighted by Crippen LogP contribution is -2.38. The molecular formula is C10H17NO3S2. The molecule has 0 unspecified atom stereocenters. The summed E-state index contributed by atoms with van der Waals surface area (Å²) in [4.78, 5) is 0.756. The maximum atomic E-state index is 11.4. The normalized spacial score (nSPS) is 15.9. The lowest BCUT2D eigenvalue weighted by molar-refractivity contribution is 0.0666. The molecule has 0 fully saturated rings. The third kappa shape index (κ3) is 3.86. The van der Waals surface area contributed by atoms with E-state index in [1.54, 1.807) is 19.9 Å². The maximum Gasteiger partial charge on any atom is 0.211 e. The van der Waals surface area contributed by atoms with Gasteiger partial charge in [-0.15, -0.1) is 11.3 Å². The Morgan fingerprint density at radius 1 is 1.56 bits per heavy atom. The molecule has 0 bridgehead atoms. The van der Waals surface area contributed by atoms with Gasteiger partial charge < -0.3 is 5.11 Å². The lowest BCUT2D eigenvalue weighted by atomic mass is 10.1. The standard InChI is InChI=1S/C10H17NO3S2/c1-3-7-16(13,14)11-8-10(2,12)9-5-4-6-15-9/h4-6,11-12H,3,7-8H2,1-2H3/t10-/m1/s1. The van der Waals surface area contributed by atoms with Crippen molar-refractivity contribution < 1.29 is 13.5 Å². The average Bonchev–Trinajstić information content (AvgIpc) is 2.68. The summed E-state index contributed by atoms with van der Waals surface area (Å²) in [5, 5.41) is 11.9. The van der Waals surface area contributed by atoms with Gasteiger partial charge in [0.15, 0.2) is 0 Å². The zero-order chi connectivity index (χ0) is 12.2. The number of hydrogen-bond donors (Lipinski definition) is 2. The van der Waals surface area contributed by atoms with Gasteiger partial charge in [0.2, 0.25) is 10.0 Å². The van der Waals surface area contributed by atoms with Crippen LogP contribution in [-0.2, 0) is 15.6 Å². The SMILES string of the molecule is CCCS(=O)(=O)NC[C@@](C)(O)c1cccs1. The fraction of sp³-hybridized carbons (Fsp3) is 0.600. The third-order valence-electron chi connectivity index (χ3n) is 2.16. The molecule has 1 heterocycles. The highest BCUT2D eigenvalue weighted by molar-refractivity contribution is 7.89. The first-order chi connectivity index (χ1) is 7.37. The summed E-state index contributed by atoms with van der Waals surface area (Å²) in [6.45, 7) is 3.42. The smallest absolute Gasteiger partial charge is 0.211 e. The number of hydrogen-bond acceptors (Lipinski definition) is 4. The van der Waals surface area contributed by atoms with Crippen molar-refractivity contribution in [2.45, 2.75) is 25.9 Å². The molecule has 6 heteroatoms. The van der Waals surface area contributed by atoms with Crippen LogP contribution in [0.25, 0.3) is 0 Å². The minimum absolute atomic E-state index is 0.00977. The monoisotopic (exact) mass is 263 g/mol. The minimum Gasteiger partial charge on any atom is -0.383 e. The van der Waals surface area contributed by atoms with Gasteiger partial charge in [0.1, 0.15) is 5.60 Å². The van der Waals surface area contributed by atoms with Gasteiger partial charge in [-0.05, 0) is 24.8 Å². The molecule has 92 valence electrons. The quantitative estimate of drug-likeness (QED) is 0.812. The Labute approximate surface area is 100 Å². The van der Waals surface area contributed by atoms with Crippen molar-refractivity contribution in [2.75, 3.05) is 12.3 Å². The lowest BCUT2D eigenvalue weighted by Gasteiger charge is -2.22. The zero-order valence-electron chi connectivity index (χ0n) is 9.43. The molecular weight excluding hydrogens is 246 g/mol. The summed E-state index contributed by atoms with van der Waals surface area (Å²) in [5.41, 5.74) is -1.14. The van der Waals surface area contributed by atoms with Crippen LogP contribution in [0.2, 0.25) is 0 Å². The number of sulfonamides is 1. The molecule has 0 amide bonds. The summed E-state index contributed by atoms with van der Waals surface area (Å²) in [6, 6.07) is 3.62. The van der Waals surface area contributed by atoms with Crippen LogP contribution < -0.4 is 4.72 Å². The van der Waals surface area contributed by atoms with Crippen molar-refractivity contribution in [1.82, 2.24) is 4.72 Å². The van der Waals surface area contributed by atoms with Gasteiger partial charge in [-0.1, -0.05) is 13.0 Å². The Morgan fingerprint density at radius 3 is 2.75 bits per heavy atom. The highest BCUT2D eigenvalue weighted by Gasteiger charge is 2.26. The Hall–Kier alpha value is -0.430. The minimum atomic E-state index is -3.26. The summed E-state index contributed by atoms with van der Waals surface area (Å²) in [6.07, 6.45) is 0.566. The first kappa shape index (κ1) is 13.6. The van der Waals surface area contributed by atoms with Gasteiger partial charge in [0, 0.05) is 11.4 Å². The molecule has 16 heavy (non-hydrogen) atoms. The highest BCUT2D eigenvalue weighted by Crippen LogP contribution is 2.24. The van der Waals surface area contributed by atoms with Crippen molar-refractivity contribution in [3.8, 4) is 0 Å². The summed E-state index contributed by atoms with van der Waals surface area (Å²) in [7, 11) is -3.26. The van der Waals surface area contributed by atoms with Crippen LogP contribution in [-0.4, -0.2) is 25.8 Å². The molecule has 0 aliphatic rings. The topological polar surface area (TPSA) is 66.4 Å². The predicted molar refractivity (Wildman–Crippen MR) is 66.0 cm³/mol. The Morgan fingerprint density at radius 2 is 2.25 bits per heavy atom. The number of aliphatic hydroxyl groups is 1. The summed E-state index contributed by atoms with van der Waals surface area (Å²) in [5.74, 6) is 0.0908. The van der Waals surface area contributed by atoms with Crippen LogP contribution in [0.4, 0.5) is 0 Å². The molecule has 4 nitrogen and oxygen atoms in total. The van der Waals surface area contributed by atoms with E-state index in [1.165, 1.54) is 11.3 Å². The fourth-order valence-electron chi connectivity index (χ4n) is 1.26. The van der Waals surface area contributed by atoms with Gasteiger partial charge in [-0.3, -0.25) is 0 Å². The second-order valence-electron chi connectivity index (χ2n) is 3.89. The maximum absolute atomic E-state index is 11.4.